The second-order valence-corrected chi connectivity index (χ2v) is 9.15. The zero-order valence-electron chi connectivity index (χ0n) is 14.3. The maximum Gasteiger partial charge on any atom is 0.251 e. The quantitative estimate of drug-likeness (QED) is 0.793. The minimum absolute atomic E-state index is 0.113. The van der Waals surface area contributed by atoms with E-state index in [0.717, 1.165) is 11.1 Å². The van der Waals surface area contributed by atoms with Gasteiger partial charge in [-0.15, -0.1) is 11.6 Å². The van der Waals surface area contributed by atoms with Crippen molar-refractivity contribution in [2.75, 3.05) is 11.5 Å². The monoisotopic (exact) mass is 393 g/mol. The summed E-state index contributed by atoms with van der Waals surface area (Å²) in [6.07, 6.45) is 0. The molecule has 0 saturated carbocycles. The number of benzene rings is 2. The van der Waals surface area contributed by atoms with Crippen molar-refractivity contribution in [1.82, 2.24) is 5.32 Å². The maximum absolute atomic E-state index is 12.6. The van der Waals surface area contributed by atoms with E-state index in [1.54, 1.807) is 12.1 Å². The normalized spacial score (nSPS) is 21.3. The van der Waals surface area contributed by atoms with Gasteiger partial charge in [0.05, 0.1) is 22.9 Å². The molecule has 1 amide bonds. The smallest absolute Gasteiger partial charge is 0.251 e. The molecule has 7 heteroatoms. The molecule has 1 aliphatic heterocycles. The number of amides is 1. The van der Waals surface area contributed by atoms with Crippen molar-refractivity contribution in [3.63, 3.8) is 0 Å². The molecular weight excluding hydrogens is 374 g/mol. The first-order valence-corrected chi connectivity index (χ1v) is 10.5. The number of aryl methyl sites for hydroxylation is 1. The molecule has 2 aromatic rings. The summed E-state index contributed by atoms with van der Waals surface area (Å²) >= 11 is 6.07. The average Bonchev–Trinajstić information content (AvgIpc) is 2.86. The minimum Gasteiger partial charge on any atom is -0.489 e. The van der Waals surface area contributed by atoms with Crippen LogP contribution < -0.4 is 10.1 Å². The third kappa shape index (κ3) is 4.56. The highest BCUT2D eigenvalue weighted by Gasteiger charge is 2.37. The van der Waals surface area contributed by atoms with Gasteiger partial charge in [0.25, 0.3) is 5.91 Å². The van der Waals surface area contributed by atoms with E-state index in [4.69, 9.17) is 16.3 Å². The van der Waals surface area contributed by atoms with Crippen LogP contribution in [0.25, 0.3) is 0 Å². The molecule has 3 rings (SSSR count). The van der Waals surface area contributed by atoms with E-state index in [1.807, 2.05) is 43.3 Å². The number of hydrogen-bond acceptors (Lipinski definition) is 4. The lowest BCUT2D eigenvalue weighted by atomic mass is 10.1. The maximum atomic E-state index is 12.6. The van der Waals surface area contributed by atoms with Crippen LogP contribution in [-0.2, 0) is 16.4 Å². The fourth-order valence-corrected chi connectivity index (χ4v) is 5.40. The number of rotatable bonds is 5. The van der Waals surface area contributed by atoms with E-state index in [-0.39, 0.29) is 24.0 Å². The van der Waals surface area contributed by atoms with Gasteiger partial charge in [0.2, 0.25) is 0 Å². The van der Waals surface area contributed by atoms with E-state index < -0.39 is 21.3 Å². The molecule has 138 valence electrons. The van der Waals surface area contributed by atoms with Crippen LogP contribution in [0.2, 0.25) is 0 Å². The van der Waals surface area contributed by atoms with Gasteiger partial charge in [-0.25, -0.2) is 8.42 Å². The average molecular weight is 394 g/mol. The van der Waals surface area contributed by atoms with Crippen molar-refractivity contribution >= 4 is 27.3 Å². The van der Waals surface area contributed by atoms with Crippen molar-refractivity contribution in [1.29, 1.82) is 0 Å². The summed E-state index contributed by atoms with van der Waals surface area (Å²) in [6.45, 7) is 2.23. The number of sulfone groups is 1. The first-order valence-electron chi connectivity index (χ1n) is 8.27. The van der Waals surface area contributed by atoms with Gasteiger partial charge in [0.15, 0.2) is 9.84 Å². The van der Waals surface area contributed by atoms with Gasteiger partial charge in [-0.1, -0.05) is 35.9 Å². The Balaban J connectivity index is 1.70. The molecule has 2 atom stereocenters. The second kappa shape index (κ2) is 7.68. The van der Waals surface area contributed by atoms with Gasteiger partial charge in [-0.2, -0.15) is 0 Å². The molecule has 0 bridgehead atoms. The molecule has 1 fully saturated rings. The Morgan fingerprint density at radius 3 is 2.50 bits per heavy atom. The Kier molecular flexibility index (Phi) is 5.53. The SMILES string of the molecule is Cc1ccc(OCc2ccccc2C(=O)N[C@@H]2CS(=O)(=O)C[C@@H]2Cl)cc1. The van der Waals surface area contributed by atoms with Gasteiger partial charge in [0, 0.05) is 11.1 Å². The highest BCUT2D eigenvalue weighted by molar-refractivity contribution is 7.91. The minimum atomic E-state index is -3.20. The number of carbonyl (C=O) groups excluding carboxylic acids is 1. The molecule has 0 aliphatic carbocycles. The van der Waals surface area contributed by atoms with Crippen molar-refractivity contribution in [3.05, 3.63) is 65.2 Å². The van der Waals surface area contributed by atoms with Crippen molar-refractivity contribution in [2.45, 2.75) is 24.9 Å². The van der Waals surface area contributed by atoms with Crippen LogP contribution in [0.3, 0.4) is 0 Å². The van der Waals surface area contributed by atoms with Crippen LogP contribution in [0, 0.1) is 6.92 Å². The van der Waals surface area contributed by atoms with Crippen molar-refractivity contribution < 1.29 is 17.9 Å². The first-order chi connectivity index (χ1) is 12.3. The van der Waals surface area contributed by atoms with Gasteiger partial charge < -0.3 is 10.1 Å². The third-order valence-electron chi connectivity index (χ3n) is 4.28. The fraction of sp³-hybridized carbons (Fsp3) is 0.316. The van der Waals surface area contributed by atoms with Gasteiger partial charge in [-0.05, 0) is 25.1 Å². The summed E-state index contributed by atoms with van der Waals surface area (Å²) in [5.74, 6) is 0.126. The largest absolute Gasteiger partial charge is 0.489 e. The molecule has 1 aliphatic rings. The van der Waals surface area contributed by atoms with Crippen molar-refractivity contribution in [2.24, 2.45) is 0 Å². The lowest BCUT2D eigenvalue weighted by Crippen LogP contribution is -2.41. The number of halogens is 1. The highest BCUT2D eigenvalue weighted by Crippen LogP contribution is 2.20. The third-order valence-corrected chi connectivity index (χ3v) is 6.65. The molecular formula is C19H20ClNO4S. The topological polar surface area (TPSA) is 72.5 Å². The Bertz CT molecular complexity index is 896. The molecule has 1 saturated heterocycles. The number of nitrogens with one attached hydrogen (secondary N) is 1. The van der Waals surface area contributed by atoms with E-state index in [1.165, 1.54) is 0 Å². The van der Waals surface area contributed by atoms with Gasteiger partial charge >= 0.3 is 0 Å². The predicted octanol–water partition coefficient (Wildman–Crippen LogP) is 2.71. The molecule has 1 N–H and O–H groups in total. The van der Waals surface area contributed by atoms with E-state index in [2.05, 4.69) is 5.32 Å². The summed E-state index contributed by atoms with van der Waals surface area (Å²) in [5, 5.41) is 2.13. The van der Waals surface area contributed by atoms with Crippen LogP contribution in [0.5, 0.6) is 5.75 Å². The molecule has 0 unspecified atom stereocenters. The Hall–Kier alpha value is -2.05. The zero-order chi connectivity index (χ0) is 18.7. The van der Waals surface area contributed by atoms with Crippen LogP contribution in [0.4, 0.5) is 0 Å². The molecule has 5 nitrogen and oxygen atoms in total. The summed E-state index contributed by atoms with van der Waals surface area (Å²) < 4.78 is 29.1. The highest BCUT2D eigenvalue weighted by atomic mass is 35.5. The summed E-state index contributed by atoms with van der Waals surface area (Å²) in [5.41, 5.74) is 2.31. The fourth-order valence-electron chi connectivity index (χ4n) is 2.85. The summed E-state index contributed by atoms with van der Waals surface area (Å²) in [4.78, 5) is 12.6. The van der Waals surface area contributed by atoms with E-state index >= 15 is 0 Å². The van der Waals surface area contributed by atoms with Crippen LogP contribution in [-0.4, -0.2) is 37.2 Å². The van der Waals surface area contributed by atoms with Crippen molar-refractivity contribution in [3.8, 4) is 5.75 Å². The lowest BCUT2D eigenvalue weighted by molar-refractivity contribution is 0.0939. The Morgan fingerprint density at radius 2 is 1.85 bits per heavy atom. The van der Waals surface area contributed by atoms with Crippen LogP contribution in [0.15, 0.2) is 48.5 Å². The zero-order valence-corrected chi connectivity index (χ0v) is 15.9. The van der Waals surface area contributed by atoms with E-state index in [0.29, 0.717) is 11.3 Å². The molecule has 1 heterocycles. The lowest BCUT2D eigenvalue weighted by Gasteiger charge is -2.16. The molecule has 26 heavy (non-hydrogen) atoms. The van der Waals surface area contributed by atoms with Crippen LogP contribution >= 0.6 is 11.6 Å². The number of ether oxygens (including phenoxy) is 1. The summed E-state index contributed by atoms with van der Waals surface area (Å²) in [6, 6.07) is 14.2. The predicted molar refractivity (Wildman–Crippen MR) is 102 cm³/mol. The molecule has 0 radical (unpaired) electrons. The van der Waals surface area contributed by atoms with Gasteiger partial charge in [-0.3, -0.25) is 4.79 Å². The van der Waals surface area contributed by atoms with E-state index in [9.17, 15) is 13.2 Å². The number of hydrogen-bond donors (Lipinski definition) is 1. The van der Waals surface area contributed by atoms with Crippen LogP contribution in [0.1, 0.15) is 21.5 Å². The number of alkyl halides is 1. The molecule has 0 spiro atoms. The molecule has 2 aromatic carbocycles. The standard InChI is InChI=1S/C19H20ClNO4S/c1-13-6-8-15(9-7-13)25-10-14-4-2-3-5-16(14)19(22)21-18-12-26(23,24)11-17(18)20/h2-9,17-18H,10-12H2,1H3,(H,21,22)/t17-,18+/m0/s1. The second-order valence-electron chi connectivity index (χ2n) is 6.43. The Labute approximate surface area is 158 Å². The summed E-state index contributed by atoms with van der Waals surface area (Å²) in [7, 11) is -3.20. The number of carbonyl (C=O) groups is 1. The first kappa shape index (κ1) is 18.7. The Morgan fingerprint density at radius 1 is 1.15 bits per heavy atom. The van der Waals surface area contributed by atoms with Gasteiger partial charge in [0.1, 0.15) is 12.4 Å². The molecule has 0 aromatic heterocycles.